The molecule has 0 radical (unpaired) electrons. The highest BCUT2D eigenvalue weighted by Gasteiger charge is 2.38. The lowest BCUT2D eigenvalue weighted by atomic mass is 9.93. The van der Waals surface area contributed by atoms with E-state index < -0.39 is 11.9 Å². The minimum Gasteiger partial charge on any atom is -0.478 e. The third-order valence-corrected chi connectivity index (χ3v) is 4.64. The van der Waals surface area contributed by atoms with Crippen molar-refractivity contribution in [3.05, 3.63) is 46.3 Å². The topological polar surface area (TPSA) is 49.3 Å². The normalized spacial score (nSPS) is 16.3. The van der Waals surface area contributed by atoms with E-state index in [4.69, 9.17) is 0 Å². The van der Waals surface area contributed by atoms with Gasteiger partial charge in [-0.25, -0.2) is 13.6 Å². The van der Waals surface area contributed by atoms with Crippen LogP contribution >= 0.6 is 11.3 Å². The Hall–Kier alpha value is -1.95. The molecule has 0 aliphatic heterocycles. The summed E-state index contributed by atoms with van der Waals surface area (Å²) in [6.45, 7) is 0. The summed E-state index contributed by atoms with van der Waals surface area (Å²) in [4.78, 5) is 12.0. The lowest BCUT2D eigenvalue weighted by Gasteiger charge is -2.21. The van der Waals surface area contributed by atoms with Crippen molar-refractivity contribution in [1.29, 1.82) is 0 Å². The zero-order chi connectivity index (χ0) is 15.0. The van der Waals surface area contributed by atoms with Gasteiger partial charge in [-0.1, -0.05) is 18.2 Å². The van der Waals surface area contributed by atoms with E-state index in [1.54, 1.807) is 12.1 Å². The number of para-hydroxylation sites is 1. The number of carboxylic acids is 1. The summed E-state index contributed by atoms with van der Waals surface area (Å²) >= 11 is 1.12. The third kappa shape index (κ3) is 2.76. The second kappa shape index (κ2) is 5.11. The number of alkyl halides is 2. The molecule has 0 spiro atoms. The molecule has 2 N–H and O–H groups in total. The van der Waals surface area contributed by atoms with E-state index >= 15 is 0 Å². The lowest BCUT2D eigenvalue weighted by molar-refractivity contribution is -0.0113. The van der Waals surface area contributed by atoms with Crippen LogP contribution in [0.2, 0.25) is 0 Å². The molecule has 1 aliphatic rings. The number of halogens is 2. The van der Waals surface area contributed by atoms with Gasteiger partial charge in [0.15, 0.2) is 0 Å². The Bertz CT molecular complexity index is 682. The Morgan fingerprint density at radius 2 is 2.00 bits per heavy atom. The summed E-state index contributed by atoms with van der Waals surface area (Å²) in [6, 6.07) is 9.11. The highest BCUT2D eigenvalue weighted by atomic mass is 32.1. The number of hydrogen-bond acceptors (Lipinski definition) is 3. The largest absolute Gasteiger partial charge is 0.478 e. The number of benzene rings is 1. The van der Waals surface area contributed by atoms with Crippen LogP contribution in [0.5, 0.6) is 0 Å². The molecule has 110 valence electrons. The smallest absolute Gasteiger partial charge is 0.339 e. The second-order valence-corrected chi connectivity index (χ2v) is 6.14. The maximum Gasteiger partial charge on any atom is 0.339 e. The molecule has 1 aromatic carbocycles. The molecule has 0 bridgehead atoms. The average molecular weight is 309 g/mol. The monoisotopic (exact) mass is 309 g/mol. The Kier molecular flexibility index (Phi) is 3.41. The minimum atomic E-state index is -2.74. The summed E-state index contributed by atoms with van der Waals surface area (Å²) < 4.78 is 27.0. The van der Waals surface area contributed by atoms with Crippen molar-refractivity contribution in [2.45, 2.75) is 25.2 Å². The highest BCUT2D eigenvalue weighted by molar-refractivity contribution is 7.16. The summed E-state index contributed by atoms with van der Waals surface area (Å²) in [5.41, 5.74) is 1.43. The molecule has 3 rings (SSSR count). The van der Waals surface area contributed by atoms with E-state index in [0.717, 1.165) is 17.0 Å². The molecule has 2 aromatic rings. The molecule has 1 heterocycles. The first-order chi connectivity index (χ1) is 9.96. The van der Waals surface area contributed by atoms with Gasteiger partial charge in [0.2, 0.25) is 0 Å². The van der Waals surface area contributed by atoms with Crippen LogP contribution in [0.15, 0.2) is 30.3 Å². The Labute approximate surface area is 124 Å². The van der Waals surface area contributed by atoms with Crippen molar-refractivity contribution < 1.29 is 18.7 Å². The fourth-order valence-electron chi connectivity index (χ4n) is 2.52. The summed E-state index contributed by atoms with van der Waals surface area (Å²) in [5.74, 6) is -3.81. The van der Waals surface area contributed by atoms with E-state index in [9.17, 15) is 18.7 Å². The summed E-state index contributed by atoms with van der Waals surface area (Å²) in [7, 11) is 0. The van der Waals surface area contributed by atoms with Gasteiger partial charge in [0.25, 0.3) is 5.92 Å². The fourth-order valence-corrected chi connectivity index (χ4v) is 3.86. The van der Waals surface area contributed by atoms with Crippen LogP contribution in [0.25, 0.3) is 0 Å². The number of anilines is 2. The number of aromatic carboxylic acids is 1. The lowest BCUT2D eigenvalue weighted by Crippen LogP contribution is -2.25. The predicted octanol–water partition coefficient (Wildman–Crippen LogP) is 4.31. The molecule has 0 atom stereocenters. The van der Waals surface area contributed by atoms with Crippen LogP contribution in [-0.4, -0.2) is 17.0 Å². The first-order valence-corrected chi connectivity index (χ1v) is 7.36. The van der Waals surface area contributed by atoms with Crippen LogP contribution < -0.4 is 5.32 Å². The van der Waals surface area contributed by atoms with Gasteiger partial charge in [-0.15, -0.1) is 11.3 Å². The van der Waals surface area contributed by atoms with Crippen molar-refractivity contribution in [2.75, 3.05) is 5.32 Å². The van der Waals surface area contributed by atoms with E-state index in [-0.39, 0.29) is 24.8 Å². The molecular formula is C15H13F2NO2S. The van der Waals surface area contributed by atoms with Crippen LogP contribution in [0, 0.1) is 0 Å². The molecule has 21 heavy (non-hydrogen) atoms. The minimum absolute atomic E-state index is 0.108. The number of fused-ring (bicyclic) bond motifs is 1. The van der Waals surface area contributed by atoms with Crippen LogP contribution in [-0.2, 0) is 12.8 Å². The van der Waals surface area contributed by atoms with Gasteiger partial charge in [0.1, 0.15) is 5.00 Å². The fraction of sp³-hybridized carbons (Fsp3) is 0.267. The van der Waals surface area contributed by atoms with Gasteiger partial charge in [0.05, 0.1) is 5.56 Å². The van der Waals surface area contributed by atoms with E-state index in [1.165, 1.54) is 0 Å². The van der Waals surface area contributed by atoms with Crippen LogP contribution in [0.1, 0.15) is 27.2 Å². The molecule has 1 aliphatic carbocycles. The zero-order valence-corrected chi connectivity index (χ0v) is 11.8. The summed E-state index contributed by atoms with van der Waals surface area (Å²) in [5, 5.41) is 12.9. The number of carbonyl (C=O) groups is 1. The average Bonchev–Trinajstić information content (AvgIpc) is 2.75. The molecular weight excluding hydrogens is 296 g/mol. The van der Waals surface area contributed by atoms with E-state index in [2.05, 4.69) is 5.32 Å². The predicted molar refractivity (Wildman–Crippen MR) is 78.0 cm³/mol. The van der Waals surface area contributed by atoms with Gasteiger partial charge in [0, 0.05) is 23.4 Å². The van der Waals surface area contributed by atoms with Gasteiger partial charge >= 0.3 is 5.97 Å². The van der Waals surface area contributed by atoms with E-state index in [0.29, 0.717) is 15.4 Å². The van der Waals surface area contributed by atoms with Crippen molar-refractivity contribution in [1.82, 2.24) is 0 Å². The number of hydrogen-bond donors (Lipinski definition) is 2. The first-order valence-electron chi connectivity index (χ1n) is 6.54. The second-order valence-electron chi connectivity index (χ2n) is 5.04. The number of nitrogens with one attached hydrogen (secondary N) is 1. The van der Waals surface area contributed by atoms with Crippen molar-refractivity contribution in [3.63, 3.8) is 0 Å². The van der Waals surface area contributed by atoms with E-state index in [1.807, 2.05) is 18.2 Å². The maximum absolute atomic E-state index is 13.5. The Morgan fingerprint density at radius 1 is 1.29 bits per heavy atom. The number of carboxylic acid groups (broad SMARTS) is 1. The molecule has 0 saturated carbocycles. The SMILES string of the molecule is O=C(O)c1c(Nc2ccccc2)sc2c1CCC(F)(F)C2. The molecule has 0 amide bonds. The van der Waals surface area contributed by atoms with Crippen LogP contribution in [0.4, 0.5) is 19.5 Å². The number of rotatable bonds is 3. The molecule has 3 nitrogen and oxygen atoms in total. The van der Waals surface area contributed by atoms with Gasteiger partial charge < -0.3 is 10.4 Å². The standard InChI is InChI=1S/C15H13F2NO2S/c16-15(17)7-6-10-11(8-15)21-13(12(10)14(19)20)18-9-4-2-1-3-5-9/h1-5,18H,6-8H2,(H,19,20). The van der Waals surface area contributed by atoms with Crippen molar-refractivity contribution >= 4 is 28.0 Å². The first kappa shape index (κ1) is 14.0. The third-order valence-electron chi connectivity index (χ3n) is 3.50. The molecule has 0 unspecified atom stereocenters. The van der Waals surface area contributed by atoms with Gasteiger partial charge in [-0.05, 0) is 24.1 Å². The number of thiophene rings is 1. The van der Waals surface area contributed by atoms with Crippen LogP contribution in [0.3, 0.4) is 0 Å². The zero-order valence-electron chi connectivity index (χ0n) is 11.0. The Balaban J connectivity index is 2.01. The van der Waals surface area contributed by atoms with Crippen molar-refractivity contribution in [2.24, 2.45) is 0 Å². The maximum atomic E-state index is 13.5. The van der Waals surface area contributed by atoms with Gasteiger partial charge in [-0.3, -0.25) is 0 Å². The molecule has 6 heteroatoms. The van der Waals surface area contributed by atoms with Crippen molar-refractivity contribution in [3.8, 4) is 0 Å². The Morgan fingerprint density at radius 3 is 2.67 bits per heavy atom. The summed E-state index contributed by atoms with van der Waals surface area (Å²) in [6.07, 6.45) is -0.553. The molecule has 1 aromatic heterocycles. The quantitative estimate of drug-likeness (QED) is 0.888. The highest BCUT2D eigenvalue weighted by Crippen LogP contribution is 2.43. The molecule has 0 fully saturated rings. The molecule has 0 saturated heterocycles. The van der Waals surface area contributed by atoms with Gasteiger partial charge in [-0.2, -0.15) is 0 Å².